The standard InChI is InChI=1S/C7H7Cl.C6H12N2O/c8-6-7-4-2-1-3-5-7;1-5(2)6(9)7-8(3)4/h1-5H,6H2;1H2,2-4H3,(H,7,9). The van der Waals surface area contributed by atoms with Gasteiger partial charge >= 0.3 is 0 Å². The van der Waals surface area contributed by atoms with Gasteiger partial charge in [0, 0.05) is 25.5 Å². The Bertz CT molecular complexity index is 350. The zero-order valence-electron chi connectivity index (χ0n) is 10.5. The van der Waals surface area contributed by atoms with Gasteiger partial charge in [-0.25, -0.2) is 5.01 Å². The number of alkyl halides is 1. The predicted octanol–water partition coefficient (Wildman–Crippen LogP) is 2.58. The molecule has 0 saturated carbocycles. The first-order chi connectivity index (χ1) is 7.97. The number of carbonyl (C=O) groups excluding carboxylic acids is 1. The van der Waals surface area contributed by atoms with Crippen molar-refractivity contribution in [3.63, 3.8) is 0 Å². The van der Waals surface area contributed by atoms with Gasteiger partial charge < -0.3 is 0 Å². The Hall–Kier alpha value is -1.32. The first-order valence-electron chi connectivity index (χ1n) is 5.21. The molecule has 0 aliphatic carbocycles. The normalized spacial score (nSPS) is 9.24. The first kappa shape index (κ1) is 15.7. The van der Waals surface area contributed by atoms with Gasteiger partial charge in [-0.05, 0) is 12.5 Å². The number of amides is 1. The average Bonchev–Trinajstić information content (AvgIpc) is 2.30. The number of benzene rings is 1. The summed E-state index contributed by atoms with van der Waals surface area (Å²) < 4.78 is 0. The Morgan fingerprint density at radius 1 is 1.35 bits per heavy atom. The Labute approximate surface area is 108 Å². The molecule has 0 unspecified atom stereocenters. The molecule has 0 fully saturated rings. The van der Waals surface area contributed by atoms with Crippen molar-refractivity contribution in [1.29, 1.82) is 0 Å². The van der Waals surface area contributed by atoms with Crippen molar-refractivity contribution in [2.24, 2.45) is 0 Å². The number of nitrogens with one attached hydrogen (secondary N) is 1. The number of hydrogen-bond acceptors (Lipinski definition) is 2. The highest BCUT2D eigenvalue weighted by Crippen LogP contribution is 2.00. The summed E-state index contributed by atoms with van der Waals surface area (Å²) in [4.78, 5) is 10.7. The van der Waals surface area contributed by atoms with Crippen LogP contribution in [-0.2, 0) is 10.7 Å². The van der Waals surface area contributed by atoms with E-state index in [1.165, 1.54) is 5.56 Å². The number of hydrogen-bond donors (Lipinski definition) is 1. The quantitative estimate of drug-likeness (QED) is 0.511. The Morgan fingerprint density at radius 2 is 1.88 bits per heavy atom. The highest BCUT2D eigenvalue weighted by Gasteiger charge is 1.99. The van der Waals surface area contributed by atoms with Crippen molar-refractivity contribution in [3.8, 4) is 0 Å². The van der Waals surface area contributed by atoms with E-state index in [4.69, 9.17) is 11.6 Å². The zero-order valence-corrected chi connectivity index (χ0v) is 11.3. The molecule has 0 radical (unpaired) electrons. The van der Waals surface area contributed by atoms with E-state index in [1.807, 2.05) is 30.3 Å². The summed E-state index contributed by atoms with van der Waals surface area (Å²) in [5, 5.41) is 1.58. The van der Waals surface area contributed by atoms with E-state index in [1.54, 1.807) is 26.0 Å². The number of hydrazine groups is 1. The molecule has 0 bridgehead atoms. The molecule has 0 aliphatic heterocycles. The molecule has 0 saturated heterocycles. The minimum absolute atomic E-state index is 0.139. The summed E-state index contributed by atoms with van der Waals surface area (Å²) >= 11 is 5.53. The van der Waals surface area contributed by atoms with E-state index < -0.39 is 0 Å². The van der Waals surface area contributed by atoms with E-state index >= 15 is 0 Å². The van der Waals surface area contributed by atoms with Crippen molar-refractivity contribution >= 4 is 17.5 Å². The lowest BCUT2D eigenvalue weighted by Gasteiger charge is -2.10. The number of rotatable bonds is 3. The Kier molecular flexibility index (Phi) is 8.11. The molecule has 94 valence electrons. The highest BCUT2D eigenvalue weighted by molar-refractivity contribution is 6.17. The molecular formula is C13H19ClN2O. The molecule has 1 aromatic carbocycles. The largest absolute Gasteiger partial charge is 0.286 e. The van der Waals surface area contributed by atoms with Crippen LogP contribution in [0.3, 0.4) is 0 Å². The molecule has 1 amide bonds. The van der Waals surface area contributed by atoms with Crippen LogP contribution in [0.1, 0.15) is 12.5 Å². The second-order valence-corrected chi connectivity index (χ2v) is 4.00. The molecule has 4 heteroatoms. The van der Waals surface area contributed by atoms with Gasteiger partial charge in [-0.3, -0.25) is 10.2 Å². The van der Waals surface area contributed by atoms with Gasteiger partial charge in [-0.15, -0.1) is 11.6 Å². The van der Waals surface area contributed by atoms with Crippen LogP contribution < -0.4 is 5.43 Å². The average molecular weight is 255 g/mol. The minimum atomic E-state index is -0.139. The van der Waals surface area contributed by atoms with E-state index in [0.717, 1.165) is 0 Å². The molecule has 3 nitrogen and oxygen atoms in total. The SMILES string of the molecule is C=C(C)C(=O)NN(C)C.ClCc1ccccc1. The van der Waals surface area contributed by atoms with E-state index in [-0.39, 0.29) is 5.91 Å². The van der Waals surface area contributed by atoms with Gasteiger partial charge in [0.1, 0.15) is 0 Å². The van der Waals surface area contributed by atoms with Gasteiger partial charge in [0.05, 0.1) is 0 Å². The van der Waals surface area contributed by atoms with Crippen LogP contribution in [0.25, 0.3) is 0 Å². The monoisotopic (exact) mass is 254 g/mol. The van der Waals surface area contributed by atoms with Crippen LogP contribution in [0, 0.1) is 0 Å². The molecule has 1 N–H and O–H groups in total. The van der Waals surface area contributed by atoms with Crippen LogP contribution in [0.15, 0.2) is 42.5 Å². The third-order valence-electron chi connectivity index (χ3n) is 1.71. The third kappa shape index (κ3) is 8.48. The fourth-order valence-corrected chi connectivity index (χ4v) is 1.04. The molecule has 0 spiro atoms. The molecule has 0 aliphatic rings. The number of carbonyl (C=O) groups is 1. The van der Waals surface area contributed by atoms with Crippen LogP contribution in [0.5, 0.6) is 0 Å². The van der Waals surface area contributed by atoms with E-state index in [9.17, 15) is 4.79 Å². The van der Waals surface area contributed by atoms with E-state index in [0.29, 0.717) is 11.5 Å². The van der Waals surface area contributed by atoms with Crippen LogP contribution in [0.4, 0.5) is 0 Å². The highest BCUT2D eigenvalue weighted by atomic mass is 35.5. The predicted molar refractivity (Wildman–Crippen MR) is 72.6 cm³/mol. The fraction of sp³-hybridized carbons (Fsp3) is 0.308. The van der Waals surface area contributed by atoms with Crippen LogP contribution in [0.2, 0.25) is 0 Å². The summed E-state index contributed by atoms with van der Waals surface area (Å²) in [6.07, 6.45) is 0. The van der Waals surface area contributed by atoms with Crippen LogP contribution in [-0.4, -0.2) is 25.0 Å². The maximum Gasteiger partial charge on any atom is 0.260 e. The van der Waals surface area contributed by atoms with Gasteiger partial charge in [0.2, 0.25) is 0 Å². The van der Waals surface area contributed by atoms with Gasteiger partial charge in [-0.1, -0.05) is 36.9 Å². The molecule has 0 heterocycles. The summed E-state index contributed by atoms with van der Waals surface area (Å²) in [7, 11) is 3.50. The molecule has 0 atom stereocenters. The molecule has 1 aromatic rings. The lowest BCUT2D eigenvalue weighted by molar-refractivity contribution is -0.120. The molecular weight excluding hydrogens is 236 g/mol. The number of halogens is 1. The lowest BCUT2D eigenvalue weighted by Crippen LogP contribution is -2.36. The van der Waals surface area contributed by atoms with Gasteiger partial charge in [0.15, 0.2) is 0 Å². The maximum atomic E-state index is 10.7. The second-order valence-electron chi connectivity index (χ2n) is 3.73. The van der Waals surface area contributed by atoms with Gasteiger partial charge in [-0.2, -0.15) is 0 Å². The second kappa shape index (κ2) is 8.79. The maximum absolute atomic E-state index is 10.7. The van der Waals surface area contributed by atoms with Crippen molar-refractivity contribution in [2.75, 3.05) is 14.1 Å². The van der Waals surface area contributed by atoms with E-state index in [2.05, 4.69) is 12.0 Å². The topological polar surface area (TPSA) is 32.3 Å². The zero-order chi connectivity index (χ0) is 13.3. The molecule has 17 heavy (non-hydrogen) atoms. The fourth-order valence-electron chi connectivity index (χ4n) is 0.866. The van der Waals surface area contributed by atoms with Crippen molar-refractivity contribution < 1.29 is 4.79 Å². The number of nitrogens with zero attached hydrogens (tertiary/aromatic N) is 1. The summed E-state index contributed by atoms with van der Waals surface area (Å²) in [6.45, 7) is 5.13. The Balaban J connectivity index is 0.000000302. The Morgan fingerprint density at radius 3 is 2.12 bits per heavy atom. The summed E-state index contributed by atoms with van der Waals surface area (Å²) in [5.74, 6) is 0.473. The summed E-state index contributed by atoms with van der Waals surface area (Å²) in [6, 6.07) is 9.96. The lowest BCUT2D eigenvalue weighted by atomic mass is 10.2. The molecule has 0 aromatic heterocycles. The van der Waals surface area contributed by atoms with Crippen molar-refractivity contribution in [1.82, 2.24) is 10.4 Å². The van der Waals surface area contributed by atoms with Gasteiger partial charge in [0.25, 0.3) is 5.91 Å². The van der Waals surface area contributed by atoms with Crippen molar-refractivity contribution in [3.05, 3.63) is 48.0 Å². The van der Waals surface area contributed by atoms with Crippen LogP contribution >= 0.6 is 11.6 Å². The first-order valence-corrected chi connectivity index (χ1v) is 5.74. The van der Waals surface area contributed by atoms with Crippen molar-refractivity contribution in [2.45, 2.75) is 12.8 Å². The minimum Gasteiger partial charge on any atom is -0.286 e. The smallest absolute Gasteiger partial charge is 0.260 e. The molecule has 1 rings (SSSR count). The summed E-state index contributed by atoms with van der Waals surface area (Å²) in [5.41, 5.74) is 4.23. The third-order valence-corrected chi connectivity index (χ3v) is 2.02.